The zero-order valence-corrected chi connectivity index (χ0v) is 13.2. The Morgan fingerprint density at radius 1 is 1.10 bits per heavy atom. The van der Waals surface area contributed by atoms with Gasteiger partial charge < -0.3 is 10.0 Å². The fourth-order valence-corrected chi connectivity index (χ4v) is 3.15. The van der Waals surface area contributed by atoms with Gasteiger partial charge in [-0.15, -0.1) is 0 Å². The summed E-state index contributed by atoms with van der Waals surface area (Å²) in [6, 6.07) is 6.54. The Balaban J connectivity index is 2.05. The second-order valence-electron chi connectivity index (χ2n) is 6.27. The molecule has 0 amide bonds. The lowest BCUT2D eigenvalue weighted by molar-refractivity contribution is 0.161. The summed E-state index contributed by atoms with van der Waals surface area (Å²) >= 11 is 0. The van der Waals surface area contributed by atoms with Crippen molar-refractivity contribution in [1.29, 1.82) is 0 Å². The molecule has 0 bridgehead atoms. The molecule has 2 heterocycles. The van der Waals surface area contributed by atoms with Crippen molar-refractivity contribution in [2.24, 2.45) is 0 Å². The highest BCUT2D eigenvalue weighted by molar-refractivity contribution is 5.87. The van der Waals surface area contributed by atoms with Crippen molar-refractivity contribution in [2.45, 2.75) is 46.1 Å². The number of nitrogens with zero attached hydrogens (tertiary/aromatic N) is 2. The highest BCUT2D eigenvalue weighted by Crippen LogP contribution is 2.27. The molecule has 1 fully saturated rings. The lowest BCUT2D eigenvalue weighted by atomic mass is 10.0. The second kappa shape index (κ2) is 5.64. The smallest absolute Gasteiger partial charge is 0.129 e. The van der Waals surface area contributed by atoms with E-state index in [0.717, 1.165) is 43.7 Å². The highest BCUT2D eigenvalue weighted by Gasteiger charge is 2.17. The molecule has 1 aliphatic heterocycles. The van der Waals surface area contributed by atoms with Crippen molar-refractivity contribution in [1.82, 2.24) is 4.98 Å². The number of rotatable bonds is 1. The first-order valence-electron chi connectivity index (χ1n) is 7.87. The summed E-state index contributed by atoms with van der Waals surface area (Å²) in [7, 11) is 0. The molecule has 1 aromatic carbocycles. The van der Waals surface area contributed by atoms with Gasteiger partial charge in [0, 0.05) is 18.5 Å². The van der Waals surface area contributed by atoms with Crippen LogP contribution >= 0.6 is 0 Å². The number of fused-ring (bicyclic) bond motifs is 1. The Morgan fingerprint density at radius 2 is 1.90 bits per heavy atom. The maximum Gasteiger partial charge on any atom is 0.129 e. The average Bonchev–Trinajstić information content (AvgIpc) is 2.68. The zero-order chi connectivity index (χ0) is 15.0. The van der Waals surface area contributed by atoms with Gasteiger partial charge in [0.05, 0.1) is 11.6 Å². The number of aliphatic hydroxyl groups excluding tert-OH is 1. The van der Waals surface area contributed by atoms with Gasteiger partial charge in [-0.05, 0) is 62.8 Å². The number of aliphatic hydroxyl groups is 1. The number of aromatic nitrogens is 1. The van der Waals surface area contributed by atoms with E-state index in [1.165, 1.54) is 22.1 Å². The molecule has 112 valence electrons. The van der Waals surface area contributed by atoms with Gasteiger partial charge >= 0.3 is 0 Å². The molecule has 0 aliphatic carbocycles. The molecular formula is C18H24N2O. The molecule has 1 aromatic heterocycles. The minimum Gasteiger partial charge on any atom is -0.393 e. The molecule has 3 nitrogen and oxygen atoms in total. The van der Waals surface area contributed by atoms with Crippen LogP contribution in [0.4, 0.5) is 5.82 Å². The van der Waals surface area contributed by atoms with Gasteiger partial charge in [-0.3, -0.25) is 0 Å². The topological polar surface area (TPSA) is 36.4 Å². The van der Waals surface area contributed by atoms with Crippen LogP contribution < -0.4 is 4.90 Å². The largest absolute Gasteiger partial charge is 0.393 e. The number of aryl methyl sites for hydroxylation is 3. The van der Waals surface area contributed by atoms with Crippen molar-refractivity contribution in [2.75, 3.05) is 18.0 Å². The van der Waals surface area contributed by atoms with Gasteiger partial charge in [-0.25, -0.2) is 4.98 Å². The fraction of sp³-hybridized carbons (Fsp3) is 0.500. The highest BCUT2D eigenvalue weighted by atomic mass is 16.3. The van der Waals surface area contributed by atoms with Crippen LogP contribution in [0.2, 0.25) is 0 Å². The second-order valence-corrected chi connectivity index (χ2v) is 6.27. The molecular weight excluding hydrogens is 260 g/mol. The number of hydrogen-bond donors (Lipinski definition) is 1. The van der Waals surface area contributed by atoms with E-state index in [9.17, 15) is 5.11 Å². The SMILES string of the molecule is Cc1ccc2c(C)cc(N3CCC[C@H](O)CC3)nc2c1C. The quantitative estimate of drug-likeness (QED) is 0.870. The minimum atomic E-state index is -0.152. The molecule has 0 saturated carbocycles. The van der Waals surface area contributed by atoms with Crippen LogP contribution in [0.5, 0.6) is 0 Å². The van der Waals surface area contributed by atoms with E-state index in [-0.39, 0.29) is 6.10 Å². The third-order valence-electron chi connectivity index (χ3n) is 4.72. The summed E-state index contributed by atoms with van der Waals surface area (Å²) in [5.41, 5.74) is 4.96. The summed E-state index contributed by atoms with van der Waals surface area (Å²) < 4.78 is 0. The number of benzene rings is 1. The molecule has 2 aromatic rings. The predicted molar refractivity (Wildman–Crippen MR) is 88.0 cm³/mol. The van der Waals surface area contributed by atoms with Gasteiger partial charge in [0.1, 0.15) is 5.82 Å². The van der Waals surface area contributed by atoms with Crippen LogP contribution in [-0.2, 0) is 0 Å². The third kappa shape index (κ3) is 2.75. The monoisotopic (exact) mass is 284 g/mol. The van der Waals surface area contributed by atoms with Crippen molar-refractivity contribution in [3.63, 3.8) is 0 Å². The third-order valence-corrected chi connectivity index (χ3v) is 4.72. The van der Waals surface area contributed by atoms with E-state index < -0.39 is 0 Å². The van der Waals surface area contributed by atoms with Crippen LogP contribution in [0, 0.1) is 20.8 Å². The molecule has 0 radical (unpaired) electrons. The first-order chi connectivity index (χ1) is 10.1. The van der Waals surface area contributed by atoms with Crippen LogP contribution in [-0.4, -0.2) is 29.3 Å². The molecule has 1 aliphatic rings. The molecule has 1 saturated heterocycles. The molecule has 1 atom stereocenters. The summed E-state index contributed by atoms with van der Waals surface area (Å²) in [5, 5.41) is 11.1. The van der Waals surface area contributed by atoms with Crippen LogP contribution in [0.15, 0.2) is 18.2 Å². The molecule has 21 heavy (non-hydrogen) atoms. The lowest BCUT2D eigenvalue weighted by Crippen LogP contribution is -2.25. The number of pyridine rings is 1. The normalized spacial score (nSPS) is 19.8. The Bertz CT molecular complexity index is 666. The van der Waals surface area contributed by atoms with Gasteiger partial charge in [0.15, 0.2) is 0 Å². The van der Waals surface area contributed by atoms with E-state index in [1.54, 1.807) is 0 Å². The average molecular weight is 284 g/mol. The van der Waals surface area contributed by atoms with Crippen molar-refractivity contribution in [3.05, 3.63) is 34.9 Å². The maximum atomic E-state index is 9.81. The Hall–Kier alpha value is -1.61. The fourth-order valence-electron chi connectivity index (χ4n) is 3.15. The Morgan fingerprint density at radius 3 is 2.71 bits per heavy atom. The Kier molecular flexibility index (Phi) is 3.85. The van der Waals surface area contributed by atoms with Crippen LogP contribution in [0.1, 0.15) is 36.0 Å². The zero-order valence-electron chi connectivity index (χ0n) is 13.2. The summed E-state index contributed by atoms with van der Waals surface area (Å²) in [5.74, 6) is 1.06. The first kappa shape index (κ1) is 14.3. The number of hydrogen-bond acceptors (Lipinski definition) is 3. The Labute approximate surface area is 126 Å². The molecule has 0 spiro atoms. The molecule has 3 heteroatoms. The minimum absolute atomic E-state index is 0.152. The molecule has 1 N–H and O–H groups in total. The van der Waals surface area contributed by atoms with Crippen LogP contribution in [0.3, 0.4) is 0 Å². The van der Waals surface area contributed by atoms with Crippen molar-refractivity contribution >= 4 is 16.7 Å². The van der Waals surface area contributed by atoms with E-state index in [0.29, 0.717) is 0 Å². The van der Waals surface area contributed by atoms with Crippen molar-refractivity contribution < 1.29 is 5.11 Å². The van der Waals surface area contributed by atoms with E-state index in [1.807, 2.05) is 0 Å². The van der Waals surface area contributed by atoms with Gasteiger partial charge in [0.25, 0.3) is 0 Å². The van der Waals surface area contributed by atoms with Gasteiger partial charge in [0.2, 0.25) is 0 Å². The maximum absolute atomic E-state index is 9.81. The lowest BCUT2D eigenvalue weighted by Gasteiger charge is -2.23. The van der Waals surface area contributed by atoms with Gasteiger partial charge in [-0.2, -0.15) is 0 Å². The van der Waals surface area contributed by atoms with Gasteiger partial charge in [-0.1, -0.05) is 12.1 Å². The number of anilines is 1. The molecule has 3 rings (SSSR count). The van der Waals surface area contributed by atoms with E-state index >= 15 is 0 Å². The standard InChI is InChI=1S/C18H24N2O/c1-12-6-7-16-13(2)11-17(19-18(16)14(12)3)20-9-4-5-15(21)8-10-20/h6-7,11,15,21H,4-5,8-10H2,1-3H3/t15-/m0/s1. The predicted octanol–water partition coefficient (Wildman–Crippen LogP) is 3.51. The summed E-state index contributed by atoms with van der Waals surface area (Å²) in [4.78, 5) is 7.25. The molecule has 0 unspecified atom stereocenters. The van der Waals surface area contributed by atoms with Crippen molar-refractivity contribution in [3.8, 4) is 0 Å². The van der Waals surface area contributed by atoms with E-state index in [2.05, 4.69) is 43.9 Å². The van der Waals surface area contributed by atoms with E-state index in [4.69, 9.17) is 4.98 Å². The summed E-state index contributed by atoms with van der Waals surface area (Å²) in [6.07, 6.45) is 2.62. The van der Waals surface area contributed by atoms with Crippen LogP contribution in [0.25, 0.3) is 10.9 Å². The first-order valence-corrected chi connectivity index (χ1v) is 7.87. The summed E-state index contributed by atoms with van der Waals surface area (Å²) in [6.45, 7) is 8.33.